The van der Waals surface area contributed by atoms with Gasteiger partial charge in [0.2, 0.25) is 0 Å². The van der Waals surface area contributed by atoms with E-state index in [9.17, 15) is 10.1 Å². The van der Waals surface area contributed by atoms with Crippen LogP contribution in [0.3, 0.4) is 0 Å². The first-order chi connectivity index (χ1) is 7.39. The van der Waals surface area contributed by atoms with Gasteiger partial charge < -0.3 is 5.32 Å². The summed E-state index contributed by atoms with van der Waals surface area (Å²) in [6.45, 7) is 6.89. The number of benzene rings is 1. The summed E-state index contributed by atoms with van der Waals surface area (Å²) in [5, 5.41) is 14.2. The van der Waals surface area contributed by atoms with Gasteiger partial charge in [-0.3, -0.25) is 10.1 Å². The fourth-order valence-corrected chi connectivity index (χ4v) is 2.09. The van der Waals surface area contributed by atoms with E-state index in [0.29, 0.717) is 0 Å². The quantitative estimate of drug-likeness (QED) is 0.585. The lowest BCUT2D eigenvalue weighted by Crippen LogP contribution is -2.14. The first-order valence-electron chi connectivity index (χ1n) is 5.45. The number of hydrogen-bond donors (Lipinski definition) is 1. The highest BCUT2D eigenvalue weighted by Gasteiger charge is 2.27. The van der Waals surface area contributed by atoms with Gasteiger partial charge in [0.15, 0.2) is 0 Å². The highest BCUT2D eigenvalue weighted by Crippen LogP contribution is 2.37. The molecule has 0 bridgehead atoms. The third-order valence-electron chi connectivity index (χ3n) is 2.94. The van der Waals surface area contributed by atoms with E-state index in [4.69, 9.17) is 0 Å². The van der Waals surface area contributed by atoms with Gasteiger partial charge in [-0.15, -0.1) is 0 Å². The van der Waals surface area contributed by atoms with Gasteiger partial charge in [0, 0.05) is 23.9 Å². The second-order valence-electron chi connectivity index (χ2n) is 5.21. The molecule has 0 fully saturated rings. The molecule has 0 saturated heterocycles. The third-order valence-corrected chi connectivity index (χ3v) is 2.94. The van der Waals surface area contributed by atoms with E-state index in [1.54, 1.807) is 6.07 Å². The van der Waals surface area contributed by atoms with Crippen molar-refractivity contribution >= 4 is 11.4 Å². The zero-order valence-electron chi connectivity index (χ0n) is 9.83. The van der Waals surface area contributed by atoms with Crippen molar-refractivity contribution < 1.29 is 4.92 Å². The Morgan fingerprint density at radius 3 is 2.62 bits per heavy atom. The van der Waals surface area contributed by atoms with Crippen LogP contribution in [0.25, 0.3) is 0 Å². The van der Waals surface area contributed by atoms with Crippen molar-refractivity contribution in [3.63, 3.8) is 0 Å². The van der Waals surface area contributed by atoms with Crippen LogP contribution in [0, 0.1) is 10.1 Å². The van der Waals surface area contributed by atoms with Crippen LogP contribution in [0.4, 0.5) is 11.4 Å². The molecule has 16 heavy (non-hydrogen) atoms. The Labute approximate surface area is 94.8 Å². The molecule has 1 aliphatic rings. The van der Waals surface area contributed by atoms with E-state index in [-0.39, 0.29) is 16.0 Å². The molecule has 0 amide bonds. The molecule has 1 heterocycles. The highest BCUT2D eigenvalue weighted by atomic mass is 16.6. The maximum absolute atomic E-state index is 11.0. The highest BCUT2D eigenvalue weighted by molar-refractivity contribution is 5.64. The Morgan fingerprint density at radius 1 is 1.38 bits per heavy atom. The lowest BCUT2D eigenvalue weighted by molar-refractivity contribution is -0.385. The molecule has 0 radical (unpaired) electrons. The monoisotopic (exact) mass is 220 g/mol. The Kier molecular flexibility index (Phi) is 2.37. The van der Waals surface area contributed by atoms with Crippen LogP contribution in [0.1, 0.15) is 31.9 Å². The molecule has 4 heteroatoms. The number of hydrogen-bond acceptors (Lipinski definition) is 3. The smallest absolute Gasteiger partial charge is 0.275 e. The zero-order valence-corrected chi connectivity index (χ0v) is 9.83. The van der Waals surface area contributed by atoms with Gasteiger partial charge in [-0.05, 0) is 23.5 Å². The molecule has 0 spiro atoms. The lowest BCUT2D eigenvalue weighted by Gasteiger charge is -2.19. The van der Waals surface area contributed by atoms with Crippen LogP contribution in [0.15, 0.2) is 12.1 Å². The number of rotatable bonds is 1. The normalized spacial score (nSPS) is 14.4. The van der Waals surface area contributed by atoms with Crippen LogP contribution in [-0.4, -0.2) is 11.5 Å². The minimum Gasteiger partial charge on any atom is -0.384 e. The predicted octanol–water partition coefficient (Wildman–Crippen LogP) is 2.86. The summed E-state index contributed by atoms with van der Waals surface area (Å²) in [6.07, 6.45) is 0.955. The average molecular weight is 220 g/mol. The van der Waals surface area contributed by atoms with Crippen molar-refractivity contribution in [3.8, 4) is 0 Å². The zero-order chi connectivity index (χ0) is 11.9. The molecule has 1 N–H and O–H groups in total. The van der Waals surface area contributed by atoms with Gasteiger partial charge in [0.25, 0.3) is 5.69 Å². The minimum atomic E-state index is -0.291. The van der Waals surface area contributed by atoms with Crippen LogP contribution < -0.4 is 5.32 Å². The molecule has 4 nitrogen and oxygen atoms in total. The molecule has 86 valence electrons. The van der Waals surface area contributed by atoms with Crippen LogP contribution >= 0.6 is 0 Å². The number of nitrogens with zero attached hydrogens (tertiary/aromatic N) is 1. The summed E-state index contributed by atoms with van der Waals surface area (Å²) >= 11 is 0. The molecule has 1 aromatic carbocycles. The molecule has 0 atom stereocenters. The van der Waals surface area contributed by atoms with E-state index in [2.05, 4.69) is 5.32 Å². The Morgan fingerprint density at radius 2 is 2.06 bits per heavy atom. The Hall–Kier alpha value is -1.58. The molecule has 2 rings (SSSR count). The largest absolute Gasteiger partial charge is 0.384 e. The van der Waals surface area contributed by atoms with Crippen molar-refractivity contribution in [2.75, 3.05) is 11.9 Å². The van der Waals surface area contributed by atoms with Crippen molar-refractivity contribution in [1.29, 1.82) is 0 Å². The van der Waals surface area contributed by atoms with Gasteiger partial charge in [-0.25, -0.2) is 0 Å². The SMILES string of the molecule is CC(C)(C)c1cc2c(cc1[N+](=O)[O-])NCC2. The summed E-state index contributed by atoms with van der Waals surface area (Å²) in [5.74, 6) is 0. The van der Waals surface area contributed by atoms with E-state index in [1.807, 2.05) is 26.8 Å². The lowest BCUT2D eigenvalue weighted by atomic mass is 9.84. The number of nitro benzene ring substituents is 1. The Balaban J connectivity index is 2.62. The van der Waals surface area contributed by atoms with Gasteiger partial charge in [0.1, 0.15) is 0 Å². The first kappa shape index (κ1) is 10.9. The van der Waals surface area contributed by atoms with Crippen LogP contribution in [0.2, 0.25) is 0 Å². The summed E-state index contributed by atoms with van der Waals surface area (Å²) < 4.78 is 0. The van der Waals surface area contributed by atoms with Crippen LogP contribution in [-0.2, 0) is 11.8 Å². The van der Waals surface area contributed by atoms with E-state index in [0.717, 1.165) is 24.2 Å². The number of nitrogens with one attached hydrogen (secondary N) is 1. The second kappa shape index (κ2) is 3.47. The number of fused-ring (bicyclic) bond motifs is 1. The molecule has 0 unspecified atom stereocenters. The van der Waals surface area contributed by atoms with Gasteiger partial charge in [-0.1, -0.05) is 20.8 Å². The molecule has 0 saturated carbocycles. The average Bonchev–Trinajstić information content (AvgIpc) is 2.60. The summed E-state index contributed by atoms with van der Waals surface area (Å²) in [5.41, 5.74) is 2.95. The second-order valence-corrected chi connectivity index (χ2v) is 5.21. The topological polar surface area (TPSA) is 55.2 Å². The molecular weight excluding hydrogens is 204 g/mol. The number of anilines is 1. The van der Waals surface area contributed by atoms with Gasteiger partial charge in [-0.2, -0.15) is 0 Å². The number of nitro groups is 1. The van der Waals surface area contributed by atoms with E-state index < -0.39 is 0 Å². The van der Waals surface area contributed by atoms with Crippen molar-refractivity contribution in [2.45, 2.75) is 32.6 Å². The fraction of sp³-hybridized carbons (Fsp3) is 0.500. The molecule has 0 aliphatic carbocycles. The first-order valence-corrected chi connectivity index (χ1v) is 5.45. The fourth-order valence-electron chi connectivity index (χ4n) is 2.09. The van der Waals surface area contributed by atoms with E-state index in [1.165, 1.54) is 5.56 Å². The Bertz CT molecular complexity index is 447. The molecule has 1 aliphatic heterocycles. The van der Waals surface area contributed by atoms with E-state index >= 15 is 0 Å². The molecular formula is C12H16N2O2. The van der Waals surface area contributed by atoms with Crippen molar-refractivity contribution in [3.05, 3.63) is 33.4 Å². The van der Waals surface area contributed by atoms with Crippen LogP contribution in [0.5, 0.6) is 0 Å². The summed E-state index contributed by atoms with van der Waals surface area (Å²) in [7, 11) is 0. The standard InChI is InChI=1S/C12H16N2O2/c1-12(2,3)9-6-8-4-5-13-10(8)7-11(9)14(15)16/h6-7,13H,4-5H2,1-3H3. The maximum Gasteiger partial charge on any atom is 0.275 e. The summed E-state index contributed by atoms with van der Waals surface area (Å²) in [4.78, 5) is 10.8. The predicted molar refractivity (Wildman–Crippen MR) is 64.0 cm³/mol. The maximum atomic E-state index is 11.0. The van der Waals surface area contributed by atoms with Crippen molar-refractivity contribution in [1.82, 2.24) is 0 Å². The molecule has 0 aromatic heterocycles. The van der Waals surface area contributed by atoms with Gasteiger partial charge >= 0.3 is 0 Å². The van der Waals surface area contributed by atoms with Crippen molar-refractivity contribution in [2.24, 2.45) is 0 Å². The molecule has 1 aromatic rings. The van der Waals surface area contributed by atoms with Gasteiger partial charge in [0.05, 0.1) is 4.92 Å². The third kappa shape index (κ3) is 1.75. The summed E-state index contributed by atoms with van der Waals surface area (Å²) in [6, 6.07) is 3.65. The minimum absolute atomic E-state index is 0.194.